The highest BCUT2D eigenvalue weighted by Gasteiger charge is 2.24. The number of aromatic nitrogens is 2. The number of halogens is 1. The molecule has 4 heteroatoms. The van der Waals surface area contributed by atoms with Crippen molar-refractivity contribution in [2.45, 2.75) is 20.3 Å². The molecule has 0 saturated carbocycles. The van der Waals surface area contributed by atoms with E-state index in [9.17, 15) is 0 Å². The van der Waals surface area contributed by atoms with Crippen LogP contribution < -0.4 is 5.32 Å². The standard InChI is InChI=1S/C19H18BrN3/c1-12-6-7-16(10-13(12)2)23-19-17(8-9-21-19)18(22-23)14-4-3-5-15(20)11-14/h3-7,10-11,21H,8-9H2,1-2H3. The van der Waals surface area contributed by atoms with E-state index in [1.165, 1.54) is 16.7 Å². The minimum Gasteiger partial charge on any atom is -0.369 e. The van der Waals surface area contributed by atoms with E-state index in [0.29, 0.717) is 0 Å². The van der Waals surface area contributed by atoms with Crippen molar-refractivity contribution in [2.75, 3.05) is 11.9 Å². The van der Waals surface area contributed by atoms with Gasteiger partial charge in [-0.25, -0.2) is 4.68 Å². The Bertz CT molecular complexity index is 896. The summed E-state index contributed by atoms with van der Waals surface area (Å²) in [6.07, 6.45) is 1.02. The summed E-state index contributed by atoms with van der Waals surface area (Å²) in [5.41, 5.74) is 7.24. The Morgan fingerprint density at radius 2 is 1.96 bits per heavy atom. The molecule has 1 N–H and O–H groups in total. The third kappa shape index (κ3) is 2.47. The molecule has 0 aliphatic carbocycles. The van der Waals surface area contributed by atoms with Crippen LogP contribution in [0.5, 0.6) is 0 Å². The van der Waals surface area contributed by atoms with Crippen LogP contribution in [0.4, 0.5) is 5.82 Å². The predicted octanol–water partition coefficient (Wildman–Crippen LogP) is 4.89. The van der Waals surface area contributed by atoms with Crippen molar-refractivity contribution in [1.82, 2.24) is 9.78 Å². The summed E-state index contributed by atoms with van der Waals surface area (Å²) in [5.74, 6) is 1.13. The Morgan fingerprint density at radius 3 is 2.74 bits per heavy atom. The third-order valence-corrected chi connectivity index (χ3v) is 4.98. The molecule has 1 aliphatic heterocycles. The van der Waals surface area contributed by atoms with Crippen LogP contribution in [-0.4, -0.2) is 16.3 Å². The fraction of sp³-hybridized carbons (Fsp3) is 0.211. The molecule has 116 valence electrons. The lowest BCUT2D eigenvalue weighted by atomic mass is 10.1. The van der Waals surface area contributed by atoms with Gasteiger partial charge in [-0.2, -0.15) is 5.10 Å². The normalized spacial score (nSPS) is 13.0. The van der Waals surface area contributed by atoms with Gasteiger partial charge in [0, 0.05) is 22.1 Å². The summed E-state index contributed by atoms with van der Waals surface area (Å²) in [6.45, 7) is 5.25. The summed E-state index contributed by atoms with van der Waals surface area (Å²) in [5, 5.41) is 8.41. The van der Waals surface area contributed by atoms with Crippen LogP contribution in [0.3, 0.4) is 0 Å². The Balaban J connectivity index is 1.89. The minimum atomic E-state index is 0.971. The van der Waals surface area contributed by atoms with E-state index in [1.807, 2.05) is 10.7 Å². The van der Waals surface area contributed by atoms with Gasteiger partial charge >= 0.3 is 0 Å². The van der Waals surface area contributed by atoms with Crippen molar-refractivity contribution in [2.24, 2.45) is 0 Å². The van der Waals surface area contributed by atoms with Gasteiger partial charge in [0.2, 0.25) is 0 Å². The van der Waals surface area contributed by atoms with Gasteiger partial charge in [-0.1, -0.05) is 34.1 Å². The molecule has 0 spiro atoms. The molecule has 23 heavy (non-hydrogen) atoms. The molecule has 1 aromatic heterocycles. The number of aryl methyl sites for hydroxylation is 2. The van der Waals surface area contributed by atoms with E-state index in [-0.39, 0.29) is 0 Å². The zero-order chi connectivity index (χ0) is 16.0. The van der Waals surface area contributed by atoms with Crippen molar-refractivity contribution in [3.05, 3.63) is 63.6 Å². The van der Waals surface area contributed by atoms with Gasteiger partial charge in [-0.05, 0) is 55.7 Å². The van der Waals surface area contributed by atoms with E-state index < -0.39 is 0 Å². The summed E-state index contributed by atoms with van der Waals surface area (Å²) in [4.78, 5) is 0. The van der Waals surface area contributed by atoms with Crippen LogP contribution >= 0.6 is 15.9 Å². The molecule has 2 aromatic carbocycles. The Hall–Kier alpha value is -2.07. The first-order valence-corrected chi connectivity index (χ1v) is 8.62. The van der Waals surface area contributed by atoms with Crippen molar-refractivity contribution < 1.29 is 0 Å². The lowest BCUT2D eigenvalue weighted by Gasteiger charge is -2.08. The molecule has 0 atom stereocenters. The lowest BCUT2D eigenvalue weighted by Crippen LogP contribution is -2.04. The molecule has 0 saturated heterocycles. The highest BCUT2D eigenvalue weighted by molar-refractivity contribution is 9.10. The number of fused-ring (bicyclic) bond motifs is 1. The quantitative estimate of drug-likeness (QED) is 0.698. The van der Waals surface area contributed by atoms with Crippen molar-refractivity contribution in [3.63, 3.8) is 0 Å². The summed E-state index contributed by atoms with van der Waals surface area (Å²) in [7, 11) is 0. The van der Waals surface area contributed by atoms with Gasteiger partial charge in [-0.15, -0.1) is 0 Å². The fourth-order valence-corrected chi connectivity index (χ4v) is 3.49. The molecular weight excluding hydrogens is 350 g/mol. The van der Waals surface area contributed by atoms with Gasteiger partial charge in [0.05, 0.1) is 11.4 Å². The lowest BCUT2D eigenvalue weighted by molar-refractivity contribution is 0.880. The van der Waals surface area contributed by atoms with Crippen LogP contribution in [-0.2, 0) is 6.42 Å². The summed E-state index contributed by atoms with van der Waals surface area (Å²) >= 11 is 3.56. The summed E-state index contributed by atoms with van der Waals surface area (Å²) < 4.78 is 3.13. The molecule has 0 radical (unpaired) electrons. The zero-order valence-corrected chi connectivity index (χ0v) is 14.8. The monoisotopic (exact) mass is 367 g/mol. The number of hydrogen-bond donors (Lipinski definition) is 1. The second-order valence-electron chi connectivity index (χ2n) is 6.04. The topological polar surface area (TPSA) is 29.9 Å². The first-order valence-electron chi connectivity index (χ1n) is 7.83. The maximum atomic E-state index is 4.92. The molecule has 3 nitrogen and oxygen atoms in total. The van der Waals surface area contributed by atoms with E-state index in [4.69, 9.17) is 5.10 Å². The number of anilines is 1. The zero-order valence-electron chi connectivity index (χ0n) is 13.2. The van der Waals surface area contributed by atoms with Gasteiger partial charge in [0.1, 0.15) is 5.82 Å². The van der Waals surface area contributed by atoms with Crippen LogP contribution in [0.25, 0.3) is 16.9 Å². The van der Waals surface area contributed by atoms with Gasteiger partial charge in [-0.3, -0.25) is 0 Å². The number of hydrogen-bond acceptors (Lipinski definition) is 2. The molecule has 4 rings (SSSR count). The third-order valence-electron chi connectivity index (χ3n) is 4.48. The molecule has 0 fully saturated rings. The number of nitrogens with zero attached hydrogens (tertiary/aromatic N) is 2. The summed E-state index contributed by atoms with van der Waals surface area (Å²) in [6, 6.07) is 14.9. The number of benzene rings is 2. The molecule has 3 aromatic rings. The molecular formula is C19H18BrN3. The number of rotatable bonds is 2. The van der Waals surface area contributed by atoms with E-state index in [1.54, 1.807) is 0 Å². The van der Waals surface area contributed by atoms with Gasteiger partial charge in [0.25, 0.3) is 0 Å². The van der Waals surface area contributed by atoms with Crippen LogP contribution in [0.1, 0.15) is 16.7 Å². The first-order chi connectivity index (χ1) is 11.1. The van der Waals surface area contributed by atoms with Gasteiger partial charge in [0.15, 0.2) is 0 Å². The SMILES string of the molecule is Cc1ccc(-n2nc(-c3cccc(Br)c3)c3c2NCC3)cc1C. The molecule has 1 aliphatic rings. The smallest absolute Gasteiger partial charge is 0.133 e. The molecule has 0 bridgehead atoms. The maximum absolute atomic E-state index is 4.92. The van der Waals surface area contributed by atoms with E-state index in [0.717, 1.165) is 40.2 Å². The largest absolute Gasteiger partial charge is 0.369 e. The maximum Gasteiger partial charge on any atom is 0.133 e. The molecule has 0 unspecified atom stereocenters. The predicted molar refractivity (Wildman–Crippen MR) is 98.4 cm³/mol. The van der Waals surface area contributed by atoms with Crippen LogP contribution in [0, 0.1) is 13.8 Å². The fourth-order valence-electron chi connectivity index (χ4n) is 3.09. The Kier molecular flexibility index (Phi) is 3.49. The second-order valence-corrected chi connectivity index (χ2v) is 6.96. The van der Waals surface area contributed by atoms with Crippen molar-refractivity contribution >= 4 is 21.7 Å². The van der Waals surface area contributed by atoms with Gasteiger partial charge < -0.3 is 5.32 Å². The first kappa shape index (κ1) is 14.5. The Morgan fingerprint density at radius 1 is 1.09 bits per heavy atom. The second kappa shape index (κ2) is 5.53. The number of nitrogens with one attached hydrogen (secondary N) is 1. The van der Waals surface area contributed by atoms with E-state index >= 15 is 0 Å². The highest BCUT2D eigenvalue weighted by atomic mass is 79.9. The average Bonchev–Trinajstić information content (AvgIpc) is 3.12. The molecule has 2 heterocycles. The Labute approximate surface area is 144 Å². The van der Waals surface area contributed by atoms with E-state index in [2.05, 4.69) is 71.5 Å². The minimum absolute atomic E-state index is 0.971. The van der Waals surface area contributed by atoms with Crippen LogP contribution in [0.15, 0.2) is 46.9 Å². The van der Waals surface area contributed by atoms with Crippen molar-refractivity contribution in [1.29, 1.82) is 0 Å². The average molecular weight is 368 g/mol. The van der Waals surface area contributed by atoms with Crippen LogP contribution in [0.2, 0.25) is 0 Å². The highest BCUT2D eigenvalue weighted by Crippen LogP contribution is 2.35. The van der Waals surface area contributed by atoms with Crippen molar-refractivity contribution in [3.8, 4) is 16.9 Å². The molecule has 0 amide bonds.